The molecule has 0 heterocycles. The van der Waals surface area contributed by atoms with E-state index in [0.717, 1.165) is 25.1 Å². The van der Waals surface area contributed by atoms with Crippen molar-refractivity contribution >= 4 is 17.2 Å². The summed E-state index contributed by atoms with van der Waals surface area (Å²) >= 11 is 0. The lowest BCUT2D eigenvalue weighted by Crippen LogP contribution is -2.33. The number of nitrogens with one attached hydrogen (secondary N) is 4. The molecule has 1 aromatic rings. The Bertz CT molecular complexity index is 869. The fourth-order valence-corrected chi connectivity index (χ4v) is 3.55. The second-order valence-electron chi connectivity index (χ2n) is 8.73. The Morgan fingerprint density at radius 2 is 1.78 bits per heavy atom. The summed E-state index contributed by atoms with van der Waals surface area (Å²) in [5.41, 5.74) is 21.8. The molecule has 1 atom stereocenters. The highest BCUT2D eigenvalue weighted by molar-refractivity contribution is 5.74. The number of amides is 1. The van der Waals surface area contributed by atoms with Gasteiger partial charge in [-0.25, -0.2) is 8.78 Å². The topological polar surface area (TPSA) is 143 Å². The first-order valence-electron chi connectivity index (χ1n) is 13.0. The molecule has 10 heteroatoms. The van der Waals surface area contributed by atoms with E-state index in [0.29, 0.717) is 47.5 Å². The van der Waals surface area contributed by atoms with E-state index in [1.54, 1.807) is 26.2 Å². The highest BCUT2D eigenvalue weighted by Crippen LogP contribution is 2.34. The maximum absolute atomic E-state index is 13.9. The third-order valence-electron chi connectivity index (χ3n) is 5.64. The molecule has 0 aliphatic heterocycles. The van der Waals surface area contributed by atoms with E-state index in [2.05, 4.69) is 35.1 Å². The second kappa shape index (κ2) is 19.4. The summed E-state index contributed by atoms with van der Waals surface area (Å²) in [6, 6.07) is 3.21. The lowest BCUT2D eigenvalue weighted by atomic mass is 9.94. The van der Waals surface area contributed by atoms with Gasteiger partial charge in [0.25, 0.3) is 6.43 Å². The SMILES string of the molecule is CCCNCC.CCCc1cc(/C(=C/NC)CN)c(C(F)F)cc1NC(N)/C(C)=C(\N)CCNC(C)=O. The summed E-state index contributed by atoms with van der Waals surface area (Å²) in [5, 5.41) is 11.9. The number of hydrogen-bond donors (Lipinski definition) is 7. The van der Waals surface area contributed by atoms with Crippen LogP contribution in [0, 0.1) is 0 Å². The molecule has 8 nitrogen and oxygen atoms in total. The lowest BCUT2D eigenvalue weighted by Gasteiger charge is -2.23. The molecular weight excluding hydrogens is 476 g/mol. The van der Waals surface area contributed by atoms with Gasteiger partial charge in [-0.15, -0.1) is 0 Å². The van der Waals surface area contributed by atoms with Gasteiger partial charge in [-0.1, -0.05) is 27.2 Å². The predicted octanol–water partition coefficient (Wildman–Crippen LogP) is 3.56. The number of benzene rings is 1. The maximum Gasteiger partial charge on any atom is 0.264 e. The first-order chi connectivity index (χ1) is 17.6. The fraction of sp³-hybridized carbons (Fsp3) is 0.593. The van der Waals surface area contributed by atoms with Gasteiger partial charge in [-0.05, 0) is 67.3 Å². The van der Waals surface area contributed by atoms with Gasteiger partial charge in [0.1, 0.15) is 0 Å². The molecule has 0 aromatic heterocycles. The van der Waals surface area contributed by atoms with E-state index in [4.69, 9.17) is 17.2 Å². The molecule has 10 N–H and O–H groups in total. The van der Waals surface area contributed by atoms with Crippen molar-refractivity contribution < 1.29 is 13.6 Å². The van der Waals surface area contributed by atoms with Crippen molar-refractivity contribution in [3.05, 3.63) is 46.3 Å². The van der Waals surface area contributed by atoms with Crippen LogP contribution in [0.15, 0.2) is 29.6 Å². The molecule has 0 aliphatic rings. The quantitative estimate of drug-likeness (QED) is 0.137. The fourth-order valence-electron chi connectivity index (χ4n) is 3.55. The average molecular weight is 526 g/mol. The van der Waals surface area contributed by atoms with Gasteiger partial charge in [0.15, 0.2) is 0 Å². The summed E-state index contributed by atoms with van der Waals surface area (Å²) in [6.07, 6.45) is 1.51. The van der Waals surface area contributed by atoms with E-state index in [1.807, 2.05) is 6.92 Å². The van der Waals surface area contributed by atoms with Crippen LogP contribution in [0.1, 0.15) is 77.0 Å². The molecule has 37 heavy (non-hydrogen) atoms. The minimum Gasteiger partial charge on any atom is -0.402 e. The standard InChI is InChI=1S/C22H36F2N6O.C5H13N/c1-5-6-15-9-17(16(11-25)12-28-4)18(21(23)24)10-20(15)30-22(27)13(2)19(26)7-8-29-14(3)31;1-3-5-6-4-2/h9-10,12,21-22,28,30H,5-8,11,25-27H2,1-4H3,(H,29,31);6H,3-5H2,1-2H3/b16-12+,19-13-;. The summed E-state index contributed by atoms with van der Waals surface area (Å²) in [5.74, 6) is -0.138. The van der Waals surface area contributed by atoms with Crippen molar-refractivity contribution in [1.82, 2.24) is 16.0 Å². The Morgan fingerprint density at radius 1 is 1.11 bits per heavy atom. The van der Waals surface area contributed by atoms with Crippen molar-refractivity contribution in [3.8, 4) is 0 Å². The van der Waals surface area contributed by atoms with Crippen LogP contribution in [0.2, 0.25) is 0 Å². The molecule has 1 aromatic carbocycles. The van der Waals surface area contributed by atoms with Gasteiger partial charge in [-0.3, -0.25) is 4.79 Å². The Balaban J connectivity index is 0.00000192. The van der Waals surface area contributed by atoms with Crippen LogP contribution in [-0.4, -0.2) is 45.3 Å². The number of anilines is 1. The number of carbonyl (C=O) groups is 1. The van der Waals surface area contributed by atoms with Crippen LogP contribution in [0.3, 0.4) is 0 Å². The third kappa shape index (κ3) is 12.9. The zero-order valence-corrected chi connectivity index (χ0v) is 23.4. The number of aryl methyl sites for hydroxylation is 1. The molecule has 0 fully saturated rings. The van der Waals surface area contributed by atoms with Gasteiger partial charge in [0.2, 0.25) is 5.91 Å². The van der Waals surface area contributed by atoms with Crippen LogP contribution < -0.4 is 38.5 Å². The lowest BCUT2D eigenvalue weighted by molar-refractivity contribution is -0.118. The molecule has 212 valence electrons. The van der Waals surface area contributed by atoms with Crippen molar-refractivity contribution in [1.29, 1.82) is 0 Å². The number of nitrogens with two attached hydrogens (primary N) is 3. The summed E-state index contributed by atoms with van der Waals surface area (Å²) in [6.45, 7) is 12.3. The predicted molar refractivity (Wildman–Crippen MR) is 152 cm³/mol. The number of rotatable bonds is 15. The monoisotopic (exact) mass is 525 g/mol. The third-order valence-corrected chi connectivity index (χ3v) is 5.64. The van der Waals surface area contributed by atoms with Crippen LogP contribution >= 0.6 is 0 Å². The van der Waals surface area contributed by atoms with Gasteiger partial charge in [0, 0.05) is 56.6 Å². The summed E-state index contributed by atoms with van der Waals surface area (Å²) in [7, 11) is 1.70. The molecule has 1 rings (SSSR count). The first kappa shape index (κ1) is 34.3. The van der Waals surface area contributed by atoms with Crippen molar-refractivity contribution in [2.24, 2.45) is 17.2 Å². The van der Waals surface area contributed by atoms with E-state index in [-0.39, 0.29) is 18.0 Å². The minimum absolute atomic E-state index is 0.109. The van der Waals surface area contributed by atoms with Crippen LogP contribution in [0.5, 0.6) is 0 Å². The Hall–Kier alpha value is -2.69. The van der Waals surface area contributed by atoms with Gasteiger partial charge < -0.3 is 38.5 Å². The summed E-state index contributed by atoms with van der Waals surface area (Å²) in [4.78, 5) is 11.0. The molecule has 0 saturated carbocycles. The first-order valence-corrected chi connectivity index (χ1v) is 13.0. The zero-order chi connectivity index (χ0) is 28.4. The van der Waals surface area contributed by atoms with Gasteiger partial charge in [0.05, 0.1) is 6.17 Å². The number of alkyl halides is 2. The Labute approximate surface area is 221 Å². The molecular formula is C27H49F2N7O. The molecule has 0 bridgehead atoms. The highest BCUT2D eigenvalue weighted by Gasteiger charge is 2.20. The molecule has 0 spiro atoms. The number of carbonyl (C=O) groups excluding carboxylic acids is 1. The average Bonchev–Trinajstić information content (AvgIpc) is 2.86. The molecule has 1 amide bonds. The van der Waals surface area contributed by atoms with Crippen LogP contribution in [0.4, 0.5) is 14.5 Å². The molecule has 0 aliphatic carbocycles. The van der Waals surface area contributed by atoms with E-state index in [9.17, 15) is 13.6 Å². The van der Waals surface area contributed by atoms with Gasteiger partial charge in [-0.2, -0.15) is 0 Å². The Morgan fingerprint density at radius 3 is 2.24 bits per heavy atom. The van der Waals surface area contributed by atoms with Gasteiger partial charge >= 0.3 is 0 Å². The second-order valence-corrected chi connectivity index (χ2v) is 8.73. The maximum atomic E-state index is 13.9. The van der Waals surface area contributed by atoms with E-state index >= 15 is 0 Å². The van der Waals surface area contributed by atoms with Crippen LogP contribution in [0.25, 0.3) is 5.57 Å². The molecule has 0 radical (unpaired) electrons. The van der Waals surface area contributed by atoms with Crippen molar-refractivity contribution in [2.75, 3.05) is 38.5 Å². The van der Waals surface area contributed by atoms with Crippen LogP contribution in [-0.2, 0) is 11.2 Å². The number of hydrogen-bond acceptors (Lipinski definition) is 7. The highest BCUT2D eigenvalue weighted by atomic mass is 19.3. The van der Waals surface area contributed by atoms with Crippen molar-refractivity contribution in [2.45, 2.75) is 72.9 Å². The van der Waals surface area contributed by atoms with E-state index in [1.165, 1.54) is 19.4 Å². The van der Waals surface area contributed by atoms with E-state index < -0.39 is 12.6 Å². The summed E-state index contributed by atoms with van der Waals surface area (Å²) < 4.78 is 27.8. The largest absolute Gasteiger partial charge is 0.402 e. The number of halogens is 2. The van der Waals surface area contributed by atoms with Crippen molar-refractivity contribution in [3.63, 3.8) is 0 Å². The zero-order valence-electron chi connectivity index (χ0n) is 23.4. The minimum atomic E-state index is -2.67. The smallest absolute Gasteiger partial charge is 0.264 e. The normalized spacial score (nSPS) is 12.9. The molecule has 1 unspecified atom stereocenters. The molecule has 0 saturated heterocycles. The Kier molecular flexibility index (Phi) is 18.0.